The maximum Gasteiger partial charge on any atom is 0.308 e. The summed E-state index contributed by atoms with van der Waals surface area (Å²) in [6, 6.07) is 19.7. The van der Waals surface area contributed by atoms with Gasteiger partial charge in [-0.05, 0) is 74.3 Å². The fraction of sp³-hybridized carbons (Fsp3) is 0.480. The van der Waals surface area contributed by atoms with E-state index in [4.69, 9.17) is 18.9 Å². The molecule has 5 atom stereocenters. The second kappa shape index (κ2) is 26.2. The zero-order chi connectivity index (χ0) is 49.1. The van der Waals surface area contributed by atoms with Gasteiger partial charge in [0.25, 0.3) is 0 Å². The molecule has 0 spiro atoms. The van der Waals surface area contributed by atoms with Crippen molar-refractivity contribution in [3.05, 3.63) is 107 Å². The van der Waals surface area contributed by atoms with E-state index >= 15 is 0 Å². The van der Waals surface area contributed by atoms with Crippen molar-refractivity contribution in [2.24, 2.45) is 5.92 Å². The van der Waals surface area contributed by atoms with Crippen LogP contribution in [0.5, 0.6) is 11.5 Å². The van der Waals surface area contributed by atoms with Crippen LogP contribution in [0.3, 0.4) is 0 Å². The van der Waals surface area contributed by atoms with Gasteiger partial charge in [0.2, 0.25) is 23.6 Å². The molecular weight excluding hydrogens is 873 g/mol. The second-order valence-corrected chi connectivity index (χ2v) is 17.7. The summed E-state index contributed by atoms with van der Waals surface area (Å²) >= 11 is 0. The quantitative estimate of drug-likeness (QED) is 0.0226. The number of aromatic nitrogens is 3. The number of epoxide rings is 1. The van der Waals surface area contributed by atoms with Crippen LogP contribution < -0.4 is 30.7 Å². The first-order chi connectivity index (χ1) is 32.6. The van der Waals surface area contributed by atoms with Crippen LogP contribution in [0.1, 0.15) is 83.2 Å². The van der Waals surface area contributed by atoms with E-state index in [2.05, 4.69) is 36.7 Å². The summed E-state index contributed by atoms with van der Waals surface area (Å²) < 4.78 is 22.5. The average molecular weight is 939 g/mol. The molecule has 1 saturated heterocycles. The van der Waals surface area contributed by atoms with E-state index in [-0.39, 0.29) is 63.0 Å². The number of carbonyl (C=O) groups is 6. The van der Waals surface area contributed by atoms with Gasteiger partial charge in [0.1, 0.15) is 36.0 Å². The highest BCUT2D eigenvalue weighted by Gasteiger charge is 2.49. The first-order valence-electron chi connectivity index (χ1n) is 23.2. The SMILES string of the molecule is CCCOCCN(CC(=O)N[C@@H](CCc1ccccc1)C(=O)N[C@@H](CC(C)C)C(=O)N[C@@H](Cc1ccccc1)C(=O)N[C@@H](C)C(=O)[C@@]1(C)CO1)Cc1ccc(OC(C)=O)c(OCc2c[nH]nn2)c1. The van der Waals surface area contributed by atoms with Gasteiger partial charge >= 0.3 is 5.97 Å². The summed E-state index contributed by atoms with van der Waals surface area (Å²) in [5, 5.41) is 21.8. The van der Waals surface area contributed by atoms with Crippen molar-refractivity contribution in [3.8, 4) is 11.5 Å². The number of aromatic amines is 1. The van der Waals surface area contributed by atoms with E-state index in [0.717, 1.165) is 23.1 Å². The van der Waals surface area contributed by atoms with Crippen molar-refractivity contribution in [2.45, 2.75) is 117 Å². The lowest BCUT2D eigenvalue weighted by Crippen LogP contribution is -2.59. The monoisotopic (exact) mass is 938 g/mol. The van der Waals surface area contributed by atoms with E-state index in [0.29, 0.717) is 37.6 Å². The van der Waals surface area contributed by atoms with E-state index < -0.39 is 59.4 Å². The van der Waals surface area contributed by atoms with E-state index in [1.807, 2.05) is 86.3 Å². The van der Waals surface area contributed by atoms with Crippen LogP contribution in [-0.4, -0.2) is 118 Å². The Balaban J connectivity index is 1.33. The third kappa shape index (κ3) is 17.3. The average Bonchev–Trinajstić information content (AvgIpc) is 3.84. The molecule has 2 heterocycles. The van der Waals surface area contributed by atoms with Crippen LogP contribution in [0.25, 0.3) is 0 Å². The molecule has 4 amide bonds. The fourth-order valence-electron chi connectivity index (χ4n) is 7.42. The maximum absolute atomic E-state index is 14.4. The summed E-state index contributed by atoms with van der Waals surface area (Å²) in [6.45, 7) is 12.1. The van der Waals surface area contributed by atoms with Crippen LogP contribution in [0, 0.1) is 5.92 Å². The molecule has 1 aliphatic rings. The number of nitrogens with one attached hydrogen (secondary N) is 5. The molecule has 5 N–H and O–H groups in total. The van der Waals surface area contributed by atoms with Crippen molar-refractivity contribution in [1.82, 2.24) is 41.6 Å². The molecule has 1 aliphatic heterocycles. The van der Waals surface area contributed by atoms with Gasteiger partial charge in [0, 0.05) is 39.2 Å². The Morgan fingerprint density at radius 2 is 1.47 bits per heavy atom. The first kappa shape index (κ1) is 52.5. The molecule has 5 rings (SSSR count). The van der Waals surface area contributed by atoms with Crippen molar-refractivity contribution >= 4 is 35.4 Å². The normalized spacial score (nSPS) is 15.9. The van der Waals surface area contributed by atoms with E-state index in [1.165, 1.54) is 6.92 Å². The van der Waals surface area contributed by atoms with E-state index in [1.54, 1.807) is 38.2 Å². The Morgan fingerprint density at radius 1 is 0.809 bits per heavy atom. The minimum atomic E-state index is -1.09. The number of rotatable bonds is 29. The molecule has 0 saturated carbocycles. The predicted octanol–water partition coefficient (Wildman–Crippen LogP) is 3.78. The highest BCUT2D eigenvalue weighted by atomic mass is 16.6. The second-order valence-electron chi connectivity index (χ2n) is 17.7. The van der Waals surface area contributed by atoms with Crippen molar-refractivity contribution in [3.63, 3.8) is 0 Å². The standard InChI is InChI=1S/C50H66N8O10/c1-7-23-65-24-22-58(29-38-19-21-43(68-35(5)59)44(27-38)66-31-39-28-51-57-56-39)30-45(60)53-40(20-18-36-14-10-8-11-15-36)47(62)54-41(25-33(2)3)49(64)55-42(26-37-16-12-9-13-17-37)48(63)52-34(4)46(61)50(6)32-67-50/h8-17,19,21,27-28,33-34,40-42H,7,18,20,22-26,29-32H2,1-6H3,(H,52,63)(H,53,60)(H,54,62)(H,55,64)(H,51,56,57)/t34-,40-,41-,42-,50+/m0/s1. The summed E-state index contributed by atoms with van der Waals surface area (Å²) in [5.41, 5.74) is 2.05. The Kier molecular flexibility index (Phi) is 20.2. The molecule has 0 bridgehead atoms. The summed E-state index contributed by atoms with van der Waals surface area (Å²) in [7, 11) is 0. The maximum atomic E-state index is 14.4. The van der Waals surface area contributed by atoms with Gasteiger partial charge in [0.05, 0.1) is 25.8 Å². The number of hydrogen-bond donors (Lipinski definition) is 5. The number of ether oxygens (including phenoxy) is 4. The number of H-pyrrole nitrogens is 1. The molecule has 1 aromatic heterocycles. The van der Waals surface area contributed by atoms with Gasteiger partial charge in [-0.3, -0.25) is 38.8 Å². The fourth-order valence-corrected chi connectivity index (χ4v) is 7.42. The number of amides is 4. The van der Waals surface area contributed by atoms with Gasteiger partial charge < -0.3 is 40.2 Å². The minimum absolute atomic E-state index is 0.0537. The first-order valence-corrected chi connectivity index (χ1v) is 23.2. The molecule has 18 nitrogen and oxygen atoms in total. The summed E-state index contributed by atoms with van der Waals surface area (Å²) in [6.07, 6.45) is 3.41. The number of Topliss-reactive ketones (excluding diaryl/α,β-unsaturated/α-hetero) is 1. The summed E-state index contributed by atoms with van der Waals surface area (Å²) in [4.78, 5) is 83.4. The van der Waals surface area contributed by atoms with Gasteiger partial charge in [-0.25, -0.2) is 0 Å². The molecule has 0 unspecified atom stereocenters. The van der Waals surface area contributed by atoms with Crippen molar-refractivity contribution < 1.29 is 47.7 Å². The van der Waals surface area contributed by atoms with Gasteiger partial charge in [-0.1, -0.05) is 92.7 Å². The number of ketones is 1. The third-order valence-corrected chi connectivity index (χ3v) is 11.1. The molecule has 0 radical (unpaired) electrons. The molecule has 1 fully saturated rings. The van der Waals surface area contributed by atoms with Crippen LogP contribution in [0.4, 0.5) is 0 Å². The zero-order valence-corrected chi connectivity index (χ0v) is 39.9. The number of carbonyl (C=O) groups excluding carboxylic acids is 6. The lowest BCUT2D eigenvalue weighted by molar-refractivity contribution is -0.135. The smallest absolute Gasteiger partial charge is 0.308 e. The van der Waals surface area contributed by atoms with Gasteiger partial charge in [0.15, 0.2) is 17.3 Å². The molecule has 3 aromatic carbocycles. The number of nitrogens with zero attached hydrogens (tertiary/aromatic N) is 3. The Morgan fingerprint density at radius 3 is 2.10 bits per heavy atom. The summed E-state index contributed by atoms with van der Waals surface area (Å²) in [5.74, 6) is -2.49. The number of benzene rings is 3. The Labute approximate surface area is 398 Å². The molecule has 68 heavy (non-hydrogen) atoms. The lowest BCUT2D eigenvalue weighted by atomic mass is 9.99. The van der Waals surface area contributed by atoms with Crippen molar-refractivity contribution in [2.75, 3.05) is 32.9 Å². The number of esters is 1. The van der Waals surface area contributed by atoms with E-state index in [9.17, 15) is 28.8 Å². The molecule has 366 valence electrons. The van der Waals surface area contributed by atoms with Gasteiger partial charge in [-0.2, -0.15) is 0 Å². The van der Waals surface area contributed by atoms with Gasteiger partial charge in [-0.15, -0.1) is 5.10 Å². The van der Waals surface area contributed by atoms with Crippen LogP contribution in [-0.2, 0) is 64.2 Å². The predicted molar refractivity (Wildman–Crippen MR) is 252 cm³/mol. The topological polar surface area (TPSA) is 236 Å². The number of hydrogen-bond acceptors (Lipinski definition) is 13. The molecule has 4 aromatic rings. The lowest BCUT2D eigenvalue weighted by Gasteiger charge is -2.28. The Bertz CT molecular complexity index is 2260. The highest BCUT2D eigenvalue weighted by Crippen LogP contribution is 2.30. The third-order valence-electron chi connectivity index (χ3n) is 11.1. The van der Waals surface area contributed by atoms with Crippen LogP contribution in [0.15, 0.2) is 85.1 Å². The zero-order valence-electron chi connectivity index (χ0n) is 39.9. The van der Waals surface area contributed by atoms with Crippen molar-refractivity contribution in [1.29, 1.82) is 0 Å². The minimum Gasteiger partial charge on any atom is -0.483 e. The highest BCUT2D eigenvalue weighted by molar-refractivity contribution is 5.98. The molecule has 0 aliphatic carbocycles. The largest absolute Gasteiger partial charge is 0.483 e. The number of aryl methyl sites for hydroxylation is 1. The van der Waals surface area contributed by atoms with Crippen LogP contribution in [0.2, 0.25) is 0 Å². The van der Waals surface area contributed by atoms with Crippen LogP contribution >= 0.6 is 0 Å². The molecular formula is C50H66N8O10. The Hall–Kier alpha value is -6.50. The molecule has 18 heteroatoms.